The van der Waals surface area contributed by atoms with E-state index in [0.29, 0.717) is 12.8 Å². The van der Waals surface area contributed by atoms with Crippen LogP contribution in [0.25, 0.3) is 0 Å². The molecular formula is C11H22N2O4S. The number of carboxylic acid groups (broad SMARTS) is 1. The molecule has 1 unspecified atom stereocenters. The molecule has 0 saturated carbocycles. The van der Waals surface area contributed by atoms with Crippen molar-refractivity contribution in [2.45, 2.75) is 58.0 Å². The highest BCUT2D eigenvalue weighted by molar-refractivity contribution is 7.87. The monoisotopic (exact) mass is 278 g/mol. The quantitative estimate of drug-likeness (QED) is 0.804. The van der Waals surface area contributed by atoms with Gasteiger partial charge in [-0.05, 0) is 33.6 Å². The van der Waals surface area contributed by atoms with Gasteiger partial charge in [0.1, 0.15) is 6.04 Å². The molecule has 0 spiro atoms. The molecule has 106 valence electrons. The summed E-state index contributed by atoms with van der Waals surface area (Å²) in [6, 6.07) is -0.952. The smallest absolute Gasteiger partial charge is 0.322 e. The third-order valence-corrected chi connectivity index (χ3v) is 4.66. The van der Waals surface area contributed by atoms with Crippen LogP contribution in [0.1, 0.15) is 46.5 Å². The van der Waals surface area contributed by atoms with Crippen LogP contribution in [0, 0.1) is 0 Å². The van der Waals surface area contributed by atoms with Crippen molar-refractivity contribution in [3.05, 3.63) is 0 Å². The van der Waals surface area contributed by atoms with Gasteiger partial charge in [-0.1, -0.05) is 12.8 Å². The van der Waals surface area contributed by atoms with E-state index in [1.807, 2.05) is 0 Å². The summed E-state index contributed by atoms with van der Waals surface area (Å²) in [7, 11) is -3.76. The zero-order valence-electron chi connectivity index (χ0n) is 11.1. The fourth-order valence-electron chi connectivity index (χ4n) is 2.06. The van der Waals surface area contributed by atoms with E-state index in [1.54, 1.807) is 20.8 Å². The van der Waals surface area contributed by atoms with Crippen LogP contribution < -0.4 is 4.72 Å². The van der Waals surface area contributed by atoms with E-state index in [2.05, 4.69) is 4.72 Å². The number of carbonyl (C=O) groups is 1. The molecule has 0 aliphatic carbocycles. The second-order valence-corrected chi connectivity index (χ2v) is 7.29. The van der Waals surface area contributed by atoms with Crippen molar-refractivity contribution < 1.29 is 18.3 Å². The third kappa shape index (κ3) is 4.22. The molecular weight excluding hydrogens is 256 g/mol. The van der Waals surface area contributed by atoms with Gasteiger partial charge in [0, 0.05) is 12.1 Å². The molecule has 1 aliphatic rings. The summed E-state index contributed by atoms with van der Waals surface area (Å²) < 4.78 is 28.0. The maximum absolute atomic E-state index is 12.2. The van der Waals surface area contributed by atoms with E-state index in [0.717, 1.165) is 17.1 Å². The summed E-state index contributed by atoms with van der Waals surface area (Å²) in [4.78, 5) is 11.2. The largest absolute Gasteiger partial charge is 0.480 e. The van der Waals surface area contributed by atoms with Crippen LogP contribution in [0.4, 0.5) is 0 Å². The van der Waals surface area contributed by atoms with Gasteiger partial charge >= 0.3 is 5.97 Å². The minimum atomic E-state index is -3.76. The van der Waals surface area contributed by atoms with E-state index in [-0.39, 0.29) is 6.54 Å². The highest BCUT2D eigenvalue weighted by Crippen LogP contribution is 2.20. The summed E-state index contributed by atoms with van der Waals surface area (Å²) in [5.74, 6) is -1.07. The lowest BCUT2D eigenvalue weighted by Gasteiger charge is -2.30. The molecule has 2 N–H and O–H groups in total. The standard InChI is InChI=1S/C11H22N2O4S/c1-11(2,3)12-18(16,17)13-8-6-4-5-7-9(13)10(14)15/h9,12H,4-8H2,1-3H3,(H,14,15). The average Bonchev–Trinajstić information content (AvgIpc) is 2.38. The van der Waals surface area contributed by atoms with Gasteiger partial charge in [-0.15, -0.1) is 0 Å². The van der Waals surface area contributed by atoms with Crippen molar-refractivity contribution in [3.8, 4) is 0 Å². The average molecular weight is 278 g/mol. The van der Waals surface area contributed by atoms with Crippen molar-refractivity contribution >= 4 is 16.2 Å². The fraction of sp³-hybridized carbons (Fsp3) is 0.909. The molecule has 1 heterocycles. The number of hydrogen-bond acceptors (Lipinski definition) is 3. The van der Waals surface area contributed by atoms with Crippen molar-refractivity contribution in [1.82, 2.24) is 9.03 Å². The zero-order chi connectivity index (χ0) is 14.0. The molecule has 0 bridgehead atoms. The number of aliphatic carboxylic acids is 1. The summed E-state index contributed by atoms with van der Waals surface area (Å²) in [5, 5.41) is 9.16. The second-order valence-electron chi connectivity index (χ2n) is 5.67. The molecule has 1 fully saturated rings. The van der Waals surface area contributed by atoms with Gasteiger partial charge in [0.2, 0.25) is 0 Å². The summed E-state index contributed by atoms with van der Waals surface area (Å²) in [6.07, 6.45) is 2.69. The summed E-state index contributed by atoms with van der Waals surface area (Å²) in [5.41, 5.74) is -0.617. The lowest BCUT2D eigenvalue weighted by molar-refractivity contribution is -0.141. The normalized spacial score (nSPS) is 23.6. The van der Waals surface area contributed by atoms with Gasteiger partial charge < -0.3 is 5.11 Å². The Balaban J connectivity index is 2.98. The lowest BCUT2D eigenvalue weighted by Crippen LogP contribution is -2.54. The molecule has 1 saturated heterocycles. The minimum absolute atomic E-state index is 0.266. The van der Waals surface area contributed by atoms with Crippen molar-refractivity contribution in [2.24, 2.45) is 0 Å². The maximum Gasteiger partial charge on any atom is 0.322 e. The van der Waals surface area contributed by atoms with E-state index >= 15 is 0 Å². The van der Waals surface area contributed by atoms with Crippen LogP contribution in [0.15, 0.2) is 0 Å². The van der Waals surface area contributed by atoms with Crippen LogP contribution in [0.3, 0.4) is 0 Å². The maximum atomic E-state index is 12.2. The van der Waals surface area contributed by atoms with Crippen molar-refractivity contribution in [2.75, 3.05) is 6.54 Å². The Hall–Kier alpha value is -0.660. The predicted octanol–water partition coefficient (Wildman–Crippen LogP) is 0.948. The molecule has 1 atom stereocenters. The predicted molar refractivity (Wildman–Crippen MR) is 68.4 cm³/mol. The van der Waals surface area contributed by atoms with Gasteiger partial charge in [-0.25, -0.2) is 0 Å². The molecule has 0 amide bonds. The number of nitrogens with zero attached hydrogens (tertiary/aromatic N) is 1. The van der Waals surface area contributed by atoms with E-state index in [1.165, 1.54) is 0 Å². The number of carboxylic acids is 1. The van der Waals surface area contributed by atoms with Gasteiger partial charge in [-0.3, -0.25) is 4.79 Å². The zero-order valence-corrected chi connectivity index (χ0v) is 12.0. The summed E-state index contributed by atoms with van der Waals surface area (Å²) >= 11 is 0. The first-order chi connectivity index (χ1) is 8.13. The molecule has 1 aliphatic heterocycles. The Kier molecular flexibility index (Phi) is 4.74. The molecule has 0 aromatic carbocycles. The van der Waals surface area contributed by atoms with Gasteiger partial charge in [0.25, 0.3) is 10.2 Å². The molecule has 0 aromatic heterocycles. The Labute approximate surface area is 109 Å². The van der Waals surface area contributed by atoms with E-state index in [4.69, 9.17) is 5.11 Å². The Bertz CT molecular complexity index is 400. The SMILES string of the molecule is CC(C)(C)NS(=O)(=O)N1CCCCCC1C(=O)O. The highest BCUT2D eigenvalue weighted by Gasteiger charge is 2.37. The summed E-state index contributed by atoms with van der Waals surface area (Å²) in [6.45, 7) is 5.47. The lowest BCUT2D eigenvalue weighted by atomic mass is 10.1. The minimum Gasteiger partial charge on any atom is -0.480 e. The van der Waals surface area contributed by atoms with Crippen LogP contribution in [0.5, 0.6) is 0 Å². The number of rotatable bonds is 3. The topological polar surface area (TPSA) is 86.7 Å². The number of nitrogens with one attached hydrogen (secondary N) is 1. The highest BCUT2D eigenvalue weighted by atomic mass is 32.2. The second kappa shape index (κ2) is 5.54. The van der Waals surface area contributed by atoms with E-state index in [9.17, 15) is 13.2 Å². The van der Waals surface area contributed by atoms with Crippen LogP contribution in [-0.2, 0) is 15.0 Å². The molecule has 1 rings (SSSR count). The van der Waals surface area contributed by atoms with Gasteiger partial charge in [0.15, 0.2) is 0 Å². The van der Waals surface area contributed by atoms with Gasteiger partial charge in [0.05, 0.1) is 0 Å². The fourth-order valence-corrected chi connectivity index (χ4v) is 3.85. The van der Waals surface area contributed by atoms with Crippen LogP contribution in [-0.4, -0.2) is 41.9 Å². The van der Waals surface area contributed by atoms with Crippen molar-refractivity contribution in [1.29, 1.82) is 0 Å². The number of hydrogen-bond donors (Lipinski definition) is 2. The van der Waals surface area contributed by atoms with Crippen LogP contribution >= 0.6 is 0 Å². The van der Waals surface area contributed by atoms with Gasteiger partial charge in [-0.2, -0.15) is 17.4 Å². The molecule has 18 heavy (non-hydrogen) atoms. The first-order valence-corrected chi connectivity index (χ1v) is 7.61. The Morgan fingerprint density at radius 1 is 1.28 bits per heavy atom. The Morgan fingerprint density at radius 3 is 2.39 bits per heavy atom. The molecule has 0 aromatic rings. The molecule has 6 nitrogen and oxygen atoms in total. The molecule has 0 radical (unpaired) electrons. The first-order valence-electron chi connectivity index (χ1n) is 6.17. The first kappa shape index (κ1) is 15.4. The van der Waals surface area contributed by atoms with Crippen LogP contribution in [0.2, 0.25) is 0 Å². The third-order valence-electron chi connectivity index (χ3n) is 2.73. The Morgan fingerprint density at radius 2 is 1.89 bits per heavy atom. The molecule has 7 heteroatoms. The van der Waals surface area contributed by atoms with Crippen molar-refractivity contribution in [3.63, 3.8) is 0 Å². The van der Waals surface area contributed by atoms with E-state index < -0.39 is 27.8 Å².